The number of aromatic nitrogens is 4. The van der Waals surface area contributed by atoms with Crippen LogP contribution in [0.2, 0.25) is 0 Å². The minimum Gasteiger partial charge on any atom is -0.211 e. The average molecular weight is 308 g/mol. The summed E-state index contributed by atoms with van der Waals surface area (Å²) < 4.78 is 28.6. The van der Waals surface area contributed by atoms with E-state index in [0.29, 0.717) is 22.7 Å². The van der Waals surface area contributed by atoms with Gasteiger partial charge in [0.05, 0.1) is 11.4 Å². The molecule has 23 heavy (non-hydrogen) atoms. The SMILES string of the molecule is Fc1cc(F)cc(-c2cc(-c3ccccc3)nc3ncnn23)c1. The number of hydrogen-bond donors (Lipinski definition) is 0. The van der Waals surface area contributed by atoms with E-state index >= 15 is 0 Å². The summed E-state index contributed by atoms with van der Waals surface area (Å²) in [5, 5.41) is 4.09. The lowest BCUT2D eigenvalue weighted by Gasteiger charge is -2.08. The maximum absolute atomic E-state index is 13.6. The molecule has 2 aromatic carbocycles. The van der Waals surface area contributed by atoms with Gasteiger partial charge in [0.15, 0.2) is 0 Å². The van der Waals surface area contributed by atoms with Crippen LogP contribution in [0.5, 0.6) is 0 Å². The first-order valence-corrected chi connectivity index (χ1v) is 6.93. The van der Waals surface area contributed by atoms with E-state index < -0.39 is 11.6 Å². The fourth-order valence-electron chi connectivity index (χ4n) is 2.48. The maximum atomic E-state index is 13.6. The molecule has 0 unspecified atom stereocenters. The highest BCUT2D eigenvalue weighted by molar-refractivity contribution is 5.70. The second-order valence-corrected chi connectivity index (χ2v) is 5.02. The average Bonchev–Trinajstić information content (AvgIpc) is 3.02. The molecule has 2 aromatic heterocycles. The van der Waals surface area contributed by atoms with Gasteiger partial charge in [-0.25, -0.2) is 13.8 Å². The van der Waals surface area contributed by atoms with Gasteiger partial charge in [0.1, 0.15) is 18.0 Å². The van der Waals surface area contributed by atoms with Gasteiger partial charge in [0.25, 0.3) is 5.78 Å². The second-order valence-electron chi connectivity index (χ2n) is 5.02. The van der Waals surface area contributed by atoms with Gasteiger partial charge in [0, 0.05) is 17.2 Å². The lowest BCUT2D eigenvalue weighted by Crippen LogP contribution is -1.99. The van der Waals surface area contributed by atoms with Crippen LogP contribution in [0.3, 0.4) is 0 Å². The molecular formula is C17H10F2N4. The van der Waals surface area contributed by atoms with Crippen LogP contribution < -0.4 is 0 Å². The third kappa shape index (κ3) is 2.44. The van der Waals surface area contributed by atoms with Gasteiger partial charge < -0.3 is 0 Å². The van der Waals surface area contributed by atoms with Gasteiger partial charge in [-0.2, -0.15) is 14.6 Å². The maximum Gasteiger partial charge on any atom is 0.253 e. The summed E-state index contributed by atoms with van der Waals surface area (Å²) in [7, 11) is 0. The molecule has 0 amide bonds. The molecule has 0 atom stereocenters. The largest absolute Gasteiger partial charge is 0.253 e. The Hall–Kier alpha value is -3.15. The zero-order valence-corrected chi connectivity index (χ0v) is 11.8. The second kappa shape index (κ2) is 5.24. The molecule has 4 aromatic rings. The minimum absolute atomic E-state index is 0.367. The van der Waals surface area contributed by atoms with Crippen molar-refractivity contribution in [3.63, 3.8) is 0 Å². The van der Waals surface area contributed by atoms with E-state index in [9.17, 15) is 8.78 Å². The van der Waals surface area contributed by atoms with Crippen LogP contribution in [-0.2, 0) is 0 Å². The standard InChI is InChI=1S/C17H10F2N4/c18-13-6-12(7-14(19)8-13)16-9-15(11-4-2-1-3-5-11)22-17-20-10-21-23(16)17/h1-10H. The monoisotopic (exact) mass is 308 g/mol. The van der Waals surface area contributed by atoms with E-state index in [1.807, 2.05) is 30.3 Å². The predicted molar refractivity (Wildman–Crippen MR) is 81.6 cm³/mol. The smallest absolute Gasteiger partial charge is 0.211 e. The third-order valence-corrected chi connectivity index (χ3v) is 3.48. The Labute approximate surface area is 130 Å². The van der Waals surface area contributed by atoms with Gasteiger partial charge in [-0.15, -0.1) is 0 Å². The van der Waals surface area contributed by atoms with E-state index in [4.69, 9.17) is 0 Å². The number of halogens is 2. The lowest BCUT2D eigenvalue weighted by molar-refractivity contribution is 0.584. The van der Waals surface area contributed by atoms with Crippen molar-refractivity contribution in [1.82, 2.24) is 19.6 Å². The summed E-state index contributed by atoms with van der Waals surface area (Å²) in [6, 6.07) is 14.6. The van der Waals surface area contributed by atoms with Gasteiger partial charge in [-0.05, 0) is 18.2 Å². The first-order chi connectivity index (χ1) is 11.2. The third-order valence-electron chi connectivity index (χ3n) is 3.48. The van der Waals surface area contributed by atoms with Crippen molar-refractivity contribution in [3.05, 3.63) is 72.6 Å². The first kappa shape index (κ1) is 13.5. The van der Waals surface area contributed by atoms with Crippen LogP contribution in [0, 0.1) is 11.6 Å². The number of benzene rings is 2. The van der Waals surface area contributed by atoms with Crippen LogP contribution >= 0.6 is 0 Å². The van der Waals surface area contributed by atoms with Crippen LogP contribution in [0.4, 0.5) is 8.78 Å². The van der Waals surface area contributed by atoms with Crippen LogP contribution in [0.15, 0.2) is 60.9 Å². The molecule has 0 fully saturated rings. The number of fused-ring (bicyclic) bond motifs is 1. The van der Waals surface area contributed by atoms with Crippen molar-refractivity contribution in [1.29, 1.82) is 0 Å². The molecule has 6 heteroatoms. The first-order valence-electron chi connectivity index (χ1n) is 6.93. The van der Waals surface area contributed by atoms with Gasteiger partial charge in [0.2, 0.25) is 0 Å². The Morgan fingerprint density at radius 1 is 0.826 bits per heavy atom. The molecule has 4 rings (SSSR count). The lowest BCUT2D eigenvalue weighted by atomic mass is 10.1. The molecule has 0 spiro atoms. The molecule has 112 valence electrons. The Balaban J connectivity index is 2.00. The van der Waals surface area contributed by atoms with E-state index in [2.05, 4.69) is 15.1 Å². The molecule has 0 aliphatic heterocycles. The van der Waals surface area contributed by atoms with Crippen molar-refractivity contribution in [2.24, 2.45) is 0 Å². The normalized spacial score (nSPS) is 11.0. The Morgan fingerprint density at radius 3 is 2.30 bits per heavy atom. The molecule has 0 saturated heterocycles. The molecule has 4 nitrogen and oxygen atoms in total. The summed E-state index contributed by atoms with van der Waals surface area (Å²) >= 11 is 0. The molecule has 0 saturated carbocycles. The predicted octanol–water partition coefficient (Wildman–Crippen LogP) is 3.74. The van der Waals surface area contributed by atoms with Crippen molar-refractivity contribution >= 4 is 5.78 Å². The van der Waals surface area contributed by atoms with Crippen molar-refractivity contribution in [2.75, 3.05) is 0 Å². The fourth-order valence-corrected chi connectivity index (χ4v) is 2.48. The molecule has 0 bridgehead atoms. The number of rotatable bonds is 2. The van der Waals surface area contributed by atoms with E-state index in [1.54, 1.807) is 6.07 Å². The Bertz CT molecular complexity index is 976. The molecular weight excluding hydrogens is 298 g/mol. The zero-order chi connectivity index (χ0) is 15.8. The van der Waals surface area contributed by atoms with Gasteiger partial charge >= 0.3 is 0 Å². The quantitative estimate of drug-likeness (QED) is 0.566. The highest BCUT2D eigenvalue weighted by atomic mass is 19.1. The highest BCUT2D eigenvalue weighted by Crippen LogP contribution is 2.26. The van der Waals surface area contributed by atoms with Crippen LogP contribution in [0.25, 0.3) is 28.3 Å². The van der Waals surface area contributed by atoms with Crippen molar-refractivity contribution < 1.29 is 8.78 Å². The fraction of sp³-hybridized carbons (Fsp3) is 0. The minimum atomic E-state index is -0.647. The van der Waals surface area contributed by atoms with E-state index in [0.717, 1.165) is 11.6 Å². The van der Waals surface area contributed by atoms with Gasteiger partial charge in [-0.3, -0.25) is 0 Å². The number of hydrogen-bond acceptors (Lipinski definition) is 3. The van der Waals surface area contributed by atoms with Crippen molar-refractivity contribution in [3.8, 4) is 22.5 Å². The molecule has 0 aliphatic carbocycles. The topological polar surface area (TPSA) is 43.1 Å². The number of nitrogens with zero attached hydrogens (tertiary/aromatic N) is 4. The zero-order valence-electron chi connectivity index (χ0n) is 11.8. The van der Waals surface area contributed by atoms with E-state index in [1.165, 1.54) is 23.0 Å². The molecule has 0 aliphatic rings. The van der Waals surface area contributed by atoms with Crippen molar-refractivity contribution in [2.45, 2.75) is 0 Å². The summed E-state index contributed by atoms with van der Waals surface area (Å²) in [6.45, 7) is 0. The van der Waals surface area contributed by atoms with Crippen LogP contribution in [-0.4, -0.2) is 19.6 Å². The molecule has 0 N–H and O–H groups in total. The highest BCUT2D eigenvalue weighted by Gasteiger charge is 2.12. The summed E-state index contributed by atoms with van der Waals surface area (Å²) in [5.74, 6) is -0.927. The summed E-state index contributed by atoms with van der Waals surface area (Å²) in [5.41, 5.74) is 2.43. The molecule has 2 heterocycles. The molecule has 0 radical (unpaired) electrons. The summed E-state index contributed by atoms with van der Waals surface area (Å²) in [6.07, 6.45) is 1.36. The Morgan fingerprint density at radius 2 is 1.57 bits per heavy atom. The summed E-state index contributed by atoms with van der Waals surface area (Å²) in [4.78, 5) is 8.53. The van der Waals surface area contributed by atoms with E-state index in [-0.39, 0.29) is 0 Å². The van der Waals surface area contributed by atoms with Gasteiger partial charge in [-0.1, -0.05) is 30.3 Å². The van der Waals surface area contributed by atoms with Crippen LogP contribution in [0.1, 0.15) is 0 Å². The Kier molecular flexibility index (Phi) is 3.08.